The fourth-order valence-electron chi connectivity index (χ4n) is 3.05. The van der Waals surface area contributed by atoms with Gasteiger partial charge < -0.3 is 15.1 Å². The van der Waals surface area contributed by atoms with Crippen molar-refractivity contribution in [2.75, 3.05) is 18.4 Å². The van der Waals surface area contributed by atoms with Gasteiger partial charge in [-0.05, 0) is 49.4 Å². The molecule has 0 saturated carbocycles. The van der Waals surface area contributed by atoms with Gasteiger partial charge in [0.15, 0.2) is 0 Å². The van der Waals surface area contributed by atoms with Crippen LogP contribution < -0.4 is 10.6 Å². The normalized spacial score (nSPS) is 17.2. The number of alkyl halides is 3. The lowest BCUT2D eigenvalue weighted by Gasteiger charge is -2.11. The first-order valence-electron chi connectivity index (χ1n) is 8.58. The van der Waals surface area contributed by atoms with Crippen LogP contribution in [0.1, 0.15) is 23.8 Å². The van der Waals surface area contributed by atoms with E-state index in [1.165, 1.54) is 12.1 Å². The molecular weight excluding hydrogens is 357 g/mol. The molecule has 5 nitrogen and oxygen atoms in total. The van der Waals surface area contributed by atoms with Crippen molar-refractivity contribution in [2.24, 2.45) is 0 Å². The van der Waals surface area contributed by atoms with Crippen LogP contribution in [0.5, 0.6) is 0 Å². The van der Waals surface area contributed by atoms with Gasteiger partial charge in [0.25, 0.3) is 0 Å². The largest absolute Gasteiger partial charge is 0.420 e. The number of nitrogens with zero attached hydrogens (tertiary/aromatic N) is 2. The van der Waals surface area contributed by atoms with E-state index in [4.69, 9.17) is 4.42 Å². The van der Waals surface area contributed by atoms with E-state index >= 15 is 0 Å². The molecule has 0 amide bonds. The van der Waals surface area contributed by atoms with Gasteiger partial charge in [-0.15, -0.1) is 10.2 Å². The van der Waals surface area contributed by atoms with Crippen LogP contribution >= 0.6 is 0 Å². The number of anilines is 2. The summed E-state index contributed by atoms with van der Waals surface area (Å²) in [5.41, 5.74) is 1.22. The van der Waals surface area contributed by atoms with Crippen LogP contribution in [0.15, 0.2) is 52.9 Å². The summed E-state index contributed by atoms with van der Waals surface area (Å²) in [6, 6.07) is 12.2. The molecule has 4 rings (SSSR count). The van der Waals surface area contributed by atoms with Crippen LogP contribution in [0.4, 0.5) is 24.5 Å². The topological polar surface area (TPSA) is 63.0 Å². The van der Waals surface area contributed by atoms with E-state index in [1.807, 2.05) is 24.3 Å². The lowest BCUT2D eigenvalue weighted by molar-refractivity contribution is -0.137. The van der Waals surface area contributed by atoms with Gasteiger partial charge in [-0.3, -0.25) is 0 Å². The minimum Gasteiger partial charge on any atom is -0.420 e. The second kappa shape index (κ2) is 7.03. The minimum absolute atomic E-state index is 0.210. The summed E-state index contributed by atoms with van der Waals surface area (Å²) < 4.78 is 44.0. The number of nitrogens with one attached hydrogen (secondary N) is 2. The highest BCUT2D eigenvalue weighted by Gasteiger charge is 2.30. The van der Waals surface area contributed by atoms with Crippen LogP contribution in [0.3, 0.4) is 0 Å². The van der Waals surface area contributed by atoms with Crippen LogP contribution in [0.2, 0.25) is 0 Å². The number of rotatable bonds is 4. The molecule has 0 aliphatic carbocycles. The third-order valence-corrected chi connectivity index (χ3v) is 4.50. The molecular formula is C19H17F3N4O. The summed E-state index contributed by atoms with van der Waals surface area (Å²) in [4.78, 5) is 0. The number of hydrogen-bond donors (Lipinski definition) is 2. The van der Waals surface area contributed by atoms with E-state index in [1.54, 1.807) is 0 Å². The Balaban J connectivity index is 1.58. The third-order valence-electron chi connectivity index (χ3n) is 4.50. The first kappa shape index (κ1) is 17.5. The van der Waals surface area contributed by atoms with Gasteiger partial charge >= 0.3 is 6.18 Å². The van der Waals surface area contributed by atoms with Gasteiger partial charge in [0.05, 0.1) is 22.7 Å². The van der Waals surface area contributed by atoms with Crippen LogP contribution in [0, 0.1) is 0 Å². The minimum atomic E-state index is -4.36. The van der Waals surface area contributed by atoms with Crippen molar-refractivity contribution in [1.29, 1.82) is 0 Å². The summed E-state index contributed by atoms with van der Waals surface area (Å²) in [5, 5.41) is 14.7. The molecule has 2 heterocycles. The molecule has 1 aliphatic rings. The van der Waals surface area contributed by atoms with Gasteiger partial charge in [-0.2, -0.15) is 13.2 Å². The third kappa shape index (κ3) is 3.80. The van der Waals surface area contributed by atoms with Crippen molar-refractivity contribution in [3.05, 3.63) is 60.0 Å². The quantitative estimate of drug-likeness (QED) is 0.700. The molecule has 1 aliphatic heterocycles. The zero-order valence-electron chi connectivity index (χ0n) is 14.3. The summed E-state index contributed by atoms with van der Waals surface area (Å²) in [7, 11) is 0. The Hall–Kier alpha value is -2.87. The van der Waals surface area contributed by atoms with Crippen LogP contribution in [-0.2, 0) is 6.18 Å². The molecule has 2 N–H and O–H groups in total. The summed E-state index contributed by atoms with van der Waals surface area (Å²) in [5.74, 6) is 1.19. The maximum Gasteiger partial charge on any atom is 0.416 e. The SMILES string of the molecule is FC(F)(F)c1ccc(Nc2ccccc2-c2nnc(C3CCNC3)o2)cc1. The second-order valence-corrected chi connectivity index (χ2v) is 6.38. The van der Waals surface area contributed by atoms with Crippen molar-refractivity contribution in [3.8, 4) is 11.5 Å². The Morgan fingerprint density at radius 3 is 2.52 bits per heavy atom. The van der Waals surface area contributed by atoms with Crippen molar-refractivity contribution >= 4 is 11.4 Å². The Morgan fingerprint density at radius 2 is 1.81 bits per heavy atom. The summed E-state index contributed by atoms with van der Waals surface area (Å²) in [6.45, 7) is 1.74. The lowest BCUT2D eigenvalue weighted by Crippen LogP contribution is -2.08. The first-order chi connectivity index (χ1) is 13.0. The number of benzene rings is 2. The molecule has 0 radical (unpaired) electrons. The number of hydrogen-bond acceptors (Lipinski definition) is 5. The van der Waals surface area contributed by atoms with E-state index in [0.717, 1.165) is 31.6 Å². The maximum atomic E-state index is 12.7. The smallest absolute Gasteiger partial charge is 0.416 e. The fraction of sp³-hybridized carbons (Fsp3) is 0.263. The molecule has 1 unspecified atom stereocenters. The second-order valence-electron chi connectivity index (χ2n) is 6.38. The highest BCUT2D eigenvalue weighted by atomic mass is 19.4. The van der Waals surface area contributed by atoms with E-state index in [0.29, 0.717) is 28.7 Å². The zero-order valence-corrected chi connectivity index (χ0v) is 14.3. The zero-order chi connectivity index (χ0) is 18.9. The fourth-order valence-corrected chi connectivity index (χ4v) is 3.05. The standard InChI is InChI=1S/C19H17F3N4O/c20-19(21,22)13-5-7-14(8-6-13)24-16-4-2-1-3-15(16)18-26-25-17(27-18)12-9-10-23-11-12/h1-8,12,23-24H,9-11H2. The Bertz CT molecular complexity index is 915. The molecule has 1 fully saturated rings. The average Bonchev–Trinajstić information content (AvgIpc) is 3.34. The first-order valence-corrected chi connectivity index (χ1v) is 8.58. The van der Waals surface area contributed by atoms with Crippen molar-refractivity contribution in [1.82, 2.24) is 15.5 Å². The van der Waals surface area contributed by atoms with Crippen molar-refractivity contribution in [2.45, 2.75) is 18.5 Å². The molecule has 1 atom stereocenters. The Kier molecular flexibility index (Phi) is 4.57. The van der Waals surface area contributed by atoms with Gasteiger partial charge in [-0.25, -0.2) is 0 Å². The number of para-hydroxylation sites is 1. The van der Waals surface area contributed by atoms with Crippen LogP contribution in [0.25, 0.3) is 11.5 Å². The predicted molar refractivity (Wildman–Crippen MR) is 94.7 cm³/mol. The molecule has 3 aromatic rings. The lowest BCUT2D eigenvalue weighted by atomic mass is 10.1. The summed E-state index contributed by atoms with van der Waals surface area (Å²) >= 11 is 0. The van der Waals surface area contributed by atoms with E-state index < -0.39 is 11.7 Å². The molecule has 0 bridgehead atoms. The van der Waals surface area contributed by atoms with Crippen molar-refractivity contribution < 1.29 is 17.6 Å². The summed E-state index contributed by atoms with van der Waals surface area (Å²) in [6.07, 6.45) is -3.40. The van der Waals surface area contributed by atoms with Gasteiger partial charge in [0.1, 0.15) is 0 Å². The number of halogens is 3. The van der Waals surface area contributed by atoms with Gasteiger partial charge in [-0.1, -0.05) is 12.1 Å². The molecule has 1 saturated heterocycles. The maximum absolute atomic E-state index is 12.7. The van der Waals surface area contributed by atoms with Crippen LogP contribution in [-0.4, -0.2) is 23.3 Å². The van der Waals surface area contributed by atoms with Crippen molar-refractivity contribution in [3.63, 3.8) is 0 Å². The molecule has 27 heavy (non-hydrogen) atoms. The predicted octanol–water partition coefficient (Wildman–Crippen LogP) is 4.58. The van der Waals surface area contributed by atoms with E-state index in [2.05, 4.69) is 20.8 Å². The average molecular weight is 374 g/mol. The highest BCUT2D eigenvalue weighted by Crippen LogP contribution is 2.33. The molecule has 140 valence electrons. The Morgan fingerprint density at radius 1 is 1.04 bits per heavy atom. The molecule has 1 aromatic heterocycles. The Labute approximate surface area is 153 Å². The van der Waals surface area contributed by atoms with Gasteiger partial charge in [0.2, 0.25) is 11.8 Å². The van der Waals surface area contributed by atoms with Gasteiger partial charge in [0, 0.05) is 12.2 Å². The number of aromatic nitrogens is 2. The molecule has 8 heteroatoms. The molecule has 0 spiro atoms. The van der Waals surface area contributed by atoms with E-state index in [9.17, 15) is 13.2 Å². The highest BCUT2D eigenvalue weighted by molar-refractivity contribution is 5.76. The molecule has 2 aromatic carbocycles. The van der Waals surface area contributed by atoms with E-state index in [-0.39, 0.29) is 5.92 Å². The monoisotopic (exact) mass is 374 g/mol.